The molecule has 1 amide bonds. The molecule has 0 bridgehead atoms. The Labute approximate surface area is 130 Å². The average Bonchev–Trinajstić information content (AvgIpc) is 3.16. The van der Waals surface area contributed by atoms with Gasteiger partial charge in [0.1, 0.15) is 17.6 Å². The van der Waals surface area contributed by atoms with E-state index in [4.69, 9.17) is 9.15 Å². The molecule has 0 aliphatic rings. The third kappa shape index (κ3) is 3.03. The molecule has 1 atom stereocenters. The average molecular weight is 315 g/mol. The lowest BCUT2D eigenvalue weighted by atomic mass is 10.3. The van der Waals surface area contributed by atoms with Crippen LogP contribution in [0.25, 0.3) is 11.2 Å². The van der Waals surface area contributed by atoms with Crippen LogP contribution in [0, 0.1) is 6.92 Å². The van der Waals surface area contributed by atoms with Crippen LogP contribution in [0.1, 0.15) is 23.2 Å². The van der Waals surface area contributed by atoms with Gasteiger partial charge in [0.25, 0.3) is 5.91 Å². The number of nitrogens with zero attached hydrogens (tertiary/aromatic N) is 3. The van der Waals surface area contributed by atoms with E-state index in [-0.39, 0.29) is 11.6 Å². The van der Waals surface area contributed by atoms with E-state index in [0.717, 1.165) is 0 Å². The van der Waals surface area contributed by atoms with Crippen molar-refractivity contribution in [2.75, 3.05) is 5.32 Å². The number of fused-ring (bicyclic) bond motifs is 1. The molecule has 118 valence electrons. The summed E-state index contributed by atoms with van der Waals surface area (Å²) in [5.74, 6) is -0.364. The highest BCUT2D eigenvalue weighted by Gasteiger charge is 2.22. The van der Waals surface area contributed by atoms with Crippen molar-refractivity contribution in [2.45, 2.75) is 20.0 Å². The number of H-pyrrole nitrogens is 1. The van der Waals surface area contributed by atoms with Crippen molar-refractivity contribution in [1.82, 2.24) is 19.9 Å². The van der Waals surface area contributed by atoms with Crippen molar-refractivity contribution >= 4 is 28.9 Å². The Morgan fingerprint density at radius 3 is 2.87 bits per heavy atom. The predicted molar refractivity (Wildman–Crippen MR) is 78.6 cm³/mol. The number of esters is 1. The number of rotatable bonds is 4. The Bertz CT molecular complexity index is 869. The number of furan rings is 1. The quantitative estimate of drug-likeness (QED) is 0.698. The lowest BCUT2D eigenvalue weighted by Crippen LogP contribution is -2.30. The van der Waals surface area contributed by atoms with Crippen LogP contribution in [-0.2, 0) is 9.53 Å². The number of carbonyl (C=O) groups excluding carboxylic acids is 2. The fraction of sp³-hybridized carbons (Fsp3) is 0.214. The highest BCUT2D eigenvalue weighted by molar-refractivity contribution is 6.00. The summed E-state index contributed by atoms with van der Waals surface area (Å²) in [6.45, 7) is 3.16. The molecule has 0 radical (unpaired) electrons. The van der Waals surface area contributed by atoms with Gasteiger partial charge < -0.3 is 19.5 Å². The first kappa shape index (κ1) is 14.7. The summed E-state index contributed by atoms with van der Waals surface area (Å²) in [5, 5.41) is 2.56. The van der Waals surface area contributed by atoms with Gasteiger partial charge in [-0.15, -0.1) is 0 Å². The van der Waals surface area contributed by atoms with Crippen LogP contribution in [0.3, 0.4) is 0 Å². The minimum absolute atomic E-state index is 0.0418. The van der Waals surface area contributed by atoms with Gasteiger partial charge in [0.2, 0.25) is 5.76 Å². The lowest BCUT2D eigenvalue weighted by molar-refractivity contribution is -0.123. The lowest BCUT2D eigenvalue weighted by Gasteiger charge is -2.12. The molecule has 3 aromatic heterocycles. The maximum atomic E-state index is 12.1. The van der Waals surface area contributed by atoms with E-state index in [1.807, 2.05) is 0 Å². The zero-order valence-electron chi connectivity index (χ0n) is 12.4. The number of aromatic amines is 1. The fourth-order valence-electron chi connectivity index (χ4n) is 1.89. The Morgan fingerprint density at radius 2 is 2.13 bits per heavy atom. The van der Waals surface area contributed by atoms with Crippen LogP contribution in [0.2, 0.25) is 0 Å². The largest absolute Gasteiger partial charge is 0.454 e. The molecule has 0 fully saturated rings. The van der Waals surface area contributed by atoms with E-state index in [1.165, 1.54) is 25.6 Å². The predicted octanol–water partition coefficient (Wildman–Crippen LogP) is 1.44. The van der Waals surface area contributed by atoms with Gasteiger partial charge >= 0.3 is 5.97 Å². The van der Waals surface area contributed by atoms with Gasteiger partial charge in [-0.25, -0.2) is 19.7 Å². The second kappa shape index (κ2) is 5.87. The first-order chi connectivity index (χ1) is 11.0. The highest BCUT2D eigenvalue weighted by Crippen LogP contribution is 2.15. The molecule has 0 unspecified atom stereocenters. The second-order valence-corrected chi connectivity index (χ2v) is 4.77. The minimum atomic E-state index is -1.03. The molecule has 23 heavy (non-hydrogen) atoms. The molecular weight excluding hydrogens is 302 g/mol. The number of amides is 1. The summed E-state index contributed by atoms with van der Waals surface area (Å²) >= 11 is 0. The SMILES string of the molecule is Cc1ccc(C(=O)O[C@H](C)C(=O)Nc2ncnc3nc[nH]c23)o1. The number of hydrogen-bond donors (Lipinski definition) is 2. The number of aryl methyl sites for hydroxylation is 1. The number of anilines is 1. The molecule has 0 aliphatic carbocycles. The smallest absolute Gasteiger partial charge is 0.375 e. The van der Waals surface area contributed by atoms with Crippen molar-refractivity contribution in [3.05, 3.63) is 36.3 Å². The van der Waals surface area contributed by atoms with Crippen LogP contribution in [-0.4, -0.2) is 37.9 Å². The van der Waals surface area contributed by atoms with Crippen molar-refractivity contribution < 1.29 is 18.7 Å². The molecule has 9 heteroatoms. The monoisotopic (exact) mass is 315 g/mol. The third-order valence-corrected chi connectivity index (χ3v) is 3.06. The maximum absolute atomic E-state index is 12.1. The second-order valence-electron chi connectivity index (χ2n) is 4.77. The molecule has 0 aliphatic heterocycles. The molecule has 3 heterocycles. The van der Waals surface area contributed by atoms with Gasteiger partial charge in [-0.2, -0.15) is 0 Å². The first-order valence-corrected chi connectivity index (χ1v) is 6.77. The molecule has 2 N–H and O–H groups in total. The molecule has 3 aromatic rings. The molecule has 0 spiro atoms. The van der Waals surface area contributed by atoms with Crippen molar-refractivity contribution in [1.29, 1.82) is 0 Å². The van der Waals surface area contributed by atoms with Gasteiger partial charge in [-0.05, 0) is 26.0 Å². The van der Waals surface area contributed by atoms with Crippen molar-refractivity contribution in [2.24, 2.45) is 0 Å². The summed E-state index contributed by atoms with van der Waals surface area (Å²) in [7, 11) is 0. The van der Waals surface area contributed by atoms with Crippen molar-refractivity contribution in [3.63, 3.8) is 0 Å². The summed E-state index contributed by atoms with van der Waals surface area (Å²) in [6, 6.07) is 3.12. The number of hydrogen-bond acceptors (Lipinski definition) is 7. The summed E-state index contributed by atoms with van der Waals surface area (Å²) in [4.78, 5) is 38.7. The standard InChI is InChI=1S/C14H13N5O4/c1-7-3-4-9(22-7)14(21)23-8(2)13(20)19-12-10-11(16-5-15-10)17-6-18-12/h3-6,8H,1-2H3,(H2,15,16,17,18,19,20)/t8-/m1/s1. The van der Waals surface area contributed by atoms with Crippen molar-refractivity contribution in [3.8, 4) is 0 Å². The number of imidazole rings is 1. The van der Waals surface area contributed by atoms with E-state index in [0.29, 0.717) is 16.9 Å². The number of carbonyl (C=O) groups is 2. The molecule has 3 rings (SSSR count). The van der Waals surface area contributed by atoms with Gasteiger partial charge in [0.05, 0.1) is 6.33 Å². The van der Waals surface area contributed by atoms with E-state index in [2.05, 4.69) is 25.3 Å². The fourth-order valence-corrected chi connectivity index (χ4v) is 1.89. The molecule has 0 saturated carbocycles. The Morgan fingerprint density at radius 1 is 1.30 bits per heavy atom. The van der Waals surface area contributed by atoms with E-state index >= 15 is 0 Å². The van der Waals surface area contributed by atoms with Gasteiger partial charge in [-0.3, -0.25) is 4.79 Å². The van der Waals surface area contributed by atoms with Crippen LogP contribution < -0.4 is 5.32 Å². The normalized spacial score (nSPS) is 12.1. The van der Waals surface area contributed by atoms with Gasteiger partial charge in [0, 0.05) is 0 Å². The molecule has 0 aromatic carbocycles. The van der Waals surface area contributed by atoms with E-state index in [1.54, 1.807) is 13.0 Å². The Balaban J connectivity index is 1.68. The van der Waals surface area contributed by atoms with Crippen LogP contribution in [0.15, 0.2) is 29.2 Å². The summed E-state index contributed by atoms with van der Waals surface area (Å²) in [6.07, 6.45) is 1.69. The number of nitrogens with one attached hydrogen (secondary N) is 2. The summed E-state index contributed by atoms with van der Waals surface area (Å²) < 4.78 is 10.2. The van der Waals surface area contributed by atoms with E-state index < -0.39 is 18.0 Å². The highest BCUT2D eigenvalue weighted by atomic mass is 16.6. The topological polar surface area (TPSA) is 123 Å². The van der Waals surface area contributed by atoms with Crippen LogP contribution in [0.4, 0.5) is 5.82 Å². The third-order valence-electron chi connectivity index (χ3n) is 3.06. The zero-order chi connectivity index (χ0) is 16.4. The van der Waals surface area contributed by atoms with Gasteiger partial charge in [-0.1, -0.05) is 0 Å². The Hall–Kier alpha value is -3.23. The minimum Gasteiger partial charge on any atom is -0.454 e. The number of ether oxygens (including phenoxy) is 1. The maximum Gasteiger partial charge on any atom is 0.375 e. The van der Waals surface area contributed by atoms with E-state index in [9.17, 15) is 9.59 Å². The zero-order valence-corrected chi connectivity index (χ0v) is 12.4. The van der Waals surface area contributed by atoms with Crippen LogP contribution in [0.5, 0.6) is 0 Å². The number of aromatic nitrogens is 4. The summed E-state index contributed by atoms with van der Waals surface area (Å²) in [5.41, 5.74) is 0.909. The van der Waals surface area contributed by atoms with Gasteiger partial charge in [0.15, 0.2) is 17.6 Å². The first-order valence-electron chi connectivity index (χ1n) is 6.77. The Kier molecular flexibility index (Phi) is 3.75. The molecular formula is C14H13N5O4. The molecule has 9 nitrogen and oxygen atoms in total. The van der Waals surface area contributed by atoms with Crippen LogP contribution >= 0.6 is 0 Å². The molecule has 0 saturated heterocycles.